The Kier molecular flexibility index (Phi) is 4.00. The molecule has 0 spiro atoms. The van der Waals surface area contributed by atoms with Gasteiger partial charge in [0, 0.05) is 12.1 Å². The fourth-order valence-corrected chi connectivity index (χ4v) is 2.75. The normalized spacial score (nSPS) is 11.8. The molecule has 7 nitrogen and oxygen atoms in total. The largest absolute Gasteiger partial charge is 0.454 e. The van der Waals surface area contributed by atoms with Crippen molar-refractivity contribution in [2.75, 3.05) is 17.8 Å². The maximum absolute atomic E-state index is 9.68. The second-order valence-electron chi connectivity index (χ2n) is 5.67. The third-order valence-electron chi connectivity index (χ3n) is 3.99. The number of ether oxygens (including phenoxy) is 2. The van der Waals surface area contributed by atoms with E-state index in [1.165, 1.54) is 0 Å². The van der Waals surface area contributed by atoms with Crippen LogP contribution in [0.1, 0.15) is 11.1 Å². The highest BCUT2D eigenvalue weighted by molar-refractivity contribution is 5.75. The molecular formula is C19H15N5O2. The predicted molar refractivity (Wildman–Crippen MR) is 96.5 cm³/mol. The van der Waals surface area contributed by atoms with Crippen LogP contribution in [0.2, 0.25) is 0 Å². The minimum Gasteiger partial charge on any atom is -0.454 e. The van der Waals surface area contributed by atoms with Crippen LogP contribution in [0, 0.1) is 11.3 Å². The van der Waals surface area contributed by atoms with Crippen LogP contribution in [0.5, 0.6) is 11.5 Å². The standard InChI is InChI=1S/C19H15N5O2/c20-9-14-17(13-6-7-15-16(8-13)26-11-25-15)23-19(21)24-18(14)22-10-12-4-2-1-3-5-12/h1-8H,10-11H2,(H3,21,22,23,24). The molecule has 128 valence electrons. The van der Waals surface area contributed by atoms with Crippen molar-refractivity contribution >= 4 is 11.8 Å². The van der Waals surface area contributed by atoms with Gasteiger partial charge in [0.05, 0.1) is 5.69 Å². The Morgan fingerprint density at radius 1 is 1.08 bits per heavy atom. The van der Waals surface area contributed by atoms with Crippen molar-refractivity contribution in [3.63, 3.8) is 0 Å². The molecule has 0 atom stereocenters. The zero-order valence-electron chi connectivity index (χ0n) is 13.8. The highest BCUT2D eigenvalue weighted by Crippen LogP contribution is 2.37. The quantitative estimate of drug-likeness (QED) is 0.748. The van der Waals surface area contributed by atoms with Crippen molar-refractivity contribution in [1.29, 1.82) is 5.26 Å². The van der Waals surface area contributed by atoms with Gasteiger partial charge in [-0.05, 0) is 23.8 Å². The molecule has 4 rings (SSSR count). The van der Waals surface area contributed by atoms with Crippen molar-refractivity contribution in [3.05, 3.63) is 59.7 Å². The Balaban J connectivity index is 1.71. The van der Waals surface area contributed by atoms with Gasteiger partial charge >= 0.3 is 0 Å². The number of aromatic nitrogens is 2. The van der Waals surface area contributed by atoms with Crippen LogP contribution in [-0.4, -0.2) is 16.8 Å². The number of nitriles is 1. The zero-order chi connectivity index (χ0) is 17.9. The van der Waals surface area contributed by atoms with Gasteiger partial charge in [-0.25, -0.2) is 4.98 Å². The number of hydrogen-bond acceptors (Lipinski definition) is 7. The minimum absolute atomic E-state index is 0.0900. The molecule has 0 radical (unpaired) electrons. The van der Waals surface area contributed by atoms with Crippen LogP contribution in [0.25, 0.3) is 11.3 Å². The van der Waals surface area contributed by atoms with E-state index in [9.17, 15) is 5.26 Å². The fourth-order valence-electron chi connectivity index (χ4n) is 2.75. The number of anilines is 2. The molecule has 2 heterocycles. The van der Waals surface area contributed by atoms with E-state index in [-0.39, 0.29) is 12.7 Å². The lowest BCUT2D eigenvalue weighted by molar-refractivity contribution is 0.174. The van der Waals surface area contributed by atoms with Gasteiger partial charge in [-0.15, -0.1) is 0 Å². The van der Waals surface area contributed by atoms with Crippen LogP contribution in [0.4, 0.5) is 11.8 Å². The first-order valence-corrected chi connectivity index (χ1v) is 8.00. The molecule has 0 fully saturated rings. The summed E-state index contributed by atoms with van der Waals surface area (Å²) in [6.45, 7) is 0.701. The molecule has 0 saturated carbocycles. The summed E-state index contributed by atoms with van der Waals surface area (Å²) >= 11 is 0. The van der Waals surface area contributed by atoms with Gasteiger partial charge < -0.3 is 20.5 Å². The van der Waals surface area contributed by atoms with Gasteiger partial charge in [0.2, 0.25) is 12.7 Å². The molecule has 2 aromatic carbocycles. The van der Waals surface area contributed by atoms with E-state index in [1.54, 1.807) is 12.1 Å². The highest BCUT2D eigenvalue weighted by Gasteiger charge is 2.19. The predicted octanol–water partition coefficient (Wildman–Crippen LogP) is 2.94. The smallest absolute Gasteiger partial charge is 0.231 e. The summed E-state index contributed by atoms with van der Waals surface area (Å²) < 4.78 is 10.7. The van der Waals surface area contributed by atoms with E-state index in [4.69, 9.17) is 15.2 Å². The van der Waals surface area contributed by atoms with Gasteiger partial charge in [-0.3, -0.25) is 0 Å². The van der Waals surface area contributed by atoms with Crippen molar-refractivity contribution in [3.8, 4) is 28.8 Å². The molecule has 1 aromatic heterocycles. The summed E-state index contributed by atoms with van der Waals surface area (Å²) in [5.41, 5.74) is 8.43. The third-order valence-corrected chi connectivity index (χ3v) is 3.99. The van der Waals surface area contributed by atoms with Crippen LogP contribution in [0.3, 0.4) is 0 Å². The van der Waals surface area contributed by atoms with Gasteiger partial charge in [0.15, 0.2) is 17.3 Å². The number of nitrogens with zero attached hydrogens (tertiary/aromatic N) is 3. The maximum Gasteiger partial charge on any atom is 0.231 e. The van der Waals surface area contributed by atoms with Crippen molar-refractivity contribution in [2.24, 2.45) is 0 Å². The van der Waals surface area contributed by atoms with E-state index in [0.717, 1.165) is 5.56 Å². The summed E-state index contributed by atoms with van der Waals surface area (Å²) in [6, 6.07) is 17.4. The Morgan fingerprint density at radius 2 is 1.88 bits per heavy atom. The van der Waals surface area contributed by atoms with Crippen molar-refractivity contribution < 1.29 is 9.47 Å². The average molecular weight is 345 g/mol. The number of nitrogens with two attached hydrogens (primary N) is 1. The summed E-state index contributed by atoms with van der Waals surface area (Å²) in [6.07, 6.45) is 0. The molecule has 0 unspecified atom stereocenters. The van der Waals surface area contributed by atoms with Crippen LogP contribution >= 0.6 is 0 Å². The Bertz CT molecular complexity index is 999. The number of fused-ring (bicyclic) bond motifs is 1. The third kappa shape index (κ3) is 2.96. The molecule has 0 amide bonds. The number of benzene rings is 2. The van der Waals surface area contributed by atoms with Gasteiger partial charge in [0.1, 0.15) is 11.6 Å². The van der Waals surface area contributed by atoms with Gasteiger partial charge in [-0.1, -0.05) is 30.3 Å². The minimum atomic E-state index is 0.0900. The van der Waals surface area contributed by atoms with E-state index in [1.807, 2.05) is 36.4 Å². The fraction of sp³-hybridized carbons (Fsp3) is 0.105. The first kappa shape index (κ1) is 15.7. The first-order chi connectivity index (χ1) is 12.7. The summed E-state index contributed by atoms with van der Waals surface area (Å²) in [7, 11) is 0. The van der Waals surface area contributed by atoms with E-state index < -0.39 is 0 Å². The van der Waals surface area contributed by atoms with E-state index in [0.29, 0.717) is 40.7 Å². The molecule has 7 heteroatoms. The average Bonchev–Trinajstić information content (AvgIpc) is 3.14. The summed E-state index contributed by atoms with van der Waals surface area (Å²) in [5, 5.41) is 12.8. The van der Waals surface area contributed by atoms with E-state index in [2.05, 4.69) is 21.4 Å². The molecule has 1 aliphatic rings. The monoisotopic (exact) mass is 345 g/mol. The van der Waals surface area contributed by atoms with Crippen molar-refractivity contribution in [2.45, 2.75) is 6.54 Å². The zero-order valence-corrected chi connectivity index (χ0v) is 13.8. The topological polar surface area (TPSA) is 106 Å². The number of hydrogen-bond donors (Lipinski definition) is 2. The van der Waals surface area contributed by atoms with E-state index >= 15 is 0 Å². The lowest BCUT2D eigenvalue weighted by Gasteiger charge is -2.12. The second-order valence-corrected chi connectivity index (χ2v) is 5.67. The molecule has 26 heavy (non-hydrogen) atoms. The highest BCUT2D eigenvalue weighted by atomic mass is 16.7. The van der Waals surface area contributed by atoms with Crippen molar-refractivity contribution in [1.82, 2.24) is 9.97 Å². The Labute approximate surface area is 150 Å². The molecular weight excluding hydrogens is 330 g/mol. The number of rotatable bonds is 4. The van der Waals surface area contributed by atoms with Gasteiger partial charge in [0.25, 0.3) is 0 Å². The summed E-state index contributed by atoms with van der Waals surface area (Å²) in [4.78, 5) is 8.46. The molecule has 3 N–H and O–H groups in total. The Hall–Kier alpha value is -3.79. The first-order valence-electron chi connectivity index (χ1n) is 8.00. The van der Waals surface area contributed by atoms with Crippen LogP contribution in [-0.2, 0) is 6.54 Å². The maximum atomic E-state index is 9.68. The van der Waals surface area contributed by atoms with Crippen LogP contribution in [0.15, 0.2) is 48.5 Å². The number of nitrogens with one attached hydrogen (secondary N) is 1. The lowest BCUT2D eigenvalue weighted by Crippen LogP contribution is -2.08. The SMILES string of the molecule is N#Cc1c(NCc2ccccc2)nc(N)nc1-c1ccc2c(c1)OCO2. The lowest BCUT2D eigenvalue weighted by atomic mass is 10.1. The molecule has 0 aliphatic carbocycles. The molecule has 3 aromatic rings. The van der Waals surface area contributed by atoms with Gasteiger partial charge in [-0.2, -0.15) is 10.2 Å². The molecule has 0 saturated heterocycles. The van der Waals surface area contributed by atoms with Crippen LogP contribution < -0.4 is 20.5 Å². The Morgan fingerprint density at radius 3 is 2.69 bits per heavy atom. The second kappa shape index (κ2) is 6.61. The molecule has 1 aliphatic heterocycles. The molecule has 0 bridgehead atoms. The number of nitrogen functional groups attached to an aromatic ring is 1. The summed E-state index contributed by atoms with van der Waals surface area (Å²) in [5.74, 6) is 1.77.